The number of phenolic OH excluding ortho intramolecular Hbond substituents is 1. The molecular formula is C9H5N3O2. The lowest BCUT2D eigenvalue weighted by atomic mass is 10.2. The molecular weight excluding hydrogens is 182 g/mol. The van der Waals surface area contributed by atoms with Crippen LogP contribution in [-0.2, 0) is 0 Å². The monoisotopic (exact) mass is 187 g/mol. The average molecular weight is 187 g/mol. The molecule has 0 bridgehead atoms. The molecule has 0 aliphatic carbocycles. The van der Waals surface area contributed by atoms with Crippen LogP contribution >= 0.6 is 0 Å². The first-order valence-corrected chi connectivity index (χ1v) is 4.03. The molecule has 1 aromatic carbocycles. The van der Waals surface area contributed by atoms with E-state index in [0.717, 1.165) is 0 Å². The standard InChI is InChI=1S/C9H5N3O2/c13-7-3-6-8(11-4-10-6)9-5(7)1-2-12-14-9/h1-4,13H. The SMILES string of the molecule is Oc1cc2ncnc2c2onccc12. The first-order chi connectivity index (χ1) is 6.86. The van der Waals surface area contributed by atoms with Crippen molar-refractivity contribution in [2.24, 2.45) is 0 Å². The number of phenols is 1. The van der Waals surface area contributed by atoms with Gasteiger partial charge in [0.25, 0.3) is 0 Å². The molecule has 3 rings (SSSR count). The molecule has 14 heavy (non-hydrogen) atoms. The van der Waals surface area contributed by atoms with Gasteiger partial charge in [-0.05, 0) is 6.07 Å². The molecule has 0 amide bonds. The lowest BCUT2D eigenvalue weighted by Gasteiger charge is -1.98. The number of fused-ring (bicyclic) bond motifs is 3. The Balaban J connectivity index is 2.67. The Morgan fingerprint density at radius 3 is 3.14 bits per heavy atom. The summed E-state index contributed by atoms with van der Waals surface area (Å²) >= 11 is 0. The van der Waals surface area contributed by atoms with E-state index in [2.05, 4.69) is 15.1 Å². The minimum absolute atomic E-state index is 0.124. The largest absolute Gasteiger partial charge is 0.507 e. The number of aromatic nitrogens is 3. The van der Waals surface area contributed by atoms with E-state index in [1.165, 1.54) is 12.5 Å². The quantitative estimate of drug-likeness (QED) is 0.577. The second-order valence-corrected chi connectivity index (χ2v) is 2.89. The second kappa shape index (κ2) is 2.41. The first kappa shape index (κ1) is 7.25. The first-order valence-electron chi connectivity index (χ1n) is 4.03. The Morgan fingerprint density at radius 1 is 1.29 bits per heavy atom. The Kier molecular flexibility index (Phi) is 1.25. The van der Waals surface area contributed by atoms with Crippen LogP contribution in [0.4, 0.5) is 0 Å². The van der Waals surface area contributed by atoms with Gasteiger partial charge in [0, 0.05) is 6.07 Å². The van der Waals surface area contributed by atoms with Crippen LogP contribution in [-0.4, -0.2) is 20.2 Å². The van der Waals surface area contributed by atoms with E-state index in [9.17, 15) is 5.11 Å². The lowest BCUT2D eigenvalue weighted by molar-refractivity contribution is 0.439. The van der Waals surface area contributed by atoms with Gasteiger partial charge in [0.15, 0.2) is 5.58 Å². The molecule has 5 nitrogen and oxygen atoms in total. The highest BCUT2D eigenvalue weighted by molar-refractivity contribution is 6.03. The predicted molar refractivity (Wildman–Crippen MR) is 48.8 cm³/mol. The van der Waals surface area contributed by atoms with Crippen molar-refractivity contribution in [3.63, 3.8) is 0 Å². The fourth-order valence-corrected chi connectivity index (χ4v) is 1.45. The summed E-state index contributed by atoms with van der Waals surface area (Å²) < 4.78 is 5.05. The summed E-state index contributed by atoms with van der Waals surface area (Å²) in [6.07, 6.45) is 2.90. The van der Waals surface area contributed by atoms with E-state index in [1.54, 1.807) is 12.1 Å². The van der Waals surface area contributed by atoms with Crippen molar-refractivity contribution >= 4 is 22.0 Å². The summed E-state index contributed by atoms with van der Waals surface area (Å²) in [5.74, 6) is 0.124. The molecule has 0 saturated carbocycles. The second-order valence-electron chi connectivity index (χ2n) is 2.89. The molecule has 0 spiro atoms. The molecule has 0 aliphatic heterocycles. The highest BCUT2D eigenvalue weighted by atomic mass is 16.5. The molecule has 68 valence electrons. The van der Waals surface area contributed by atoms with E-state index in [-0.39, 0.29) is 5.75 Å². The average Bonchev–Trinajstić information content (AvgIpc) is 2.66. The van der Waals surface area contributed by atoms with Gasteiger partial charge in [-0.1, -0.05) is 5.16 Å². The Labute approximate surface area is 78.0 Å². The number of hydrogen-bond acceptors (Lipinski definition) is 5. The fourth-order valence-electron chi connectivity index (χ4n) is 1.45. The number of imidazole rings is 1. The van der Waals surface area contributed by atoms with Crippen molar-refractivity contribution in [1.29, 1.82) is 0 Å². The van der Waals surface area contributed by atoms with Gasteiger partial charge in [-0.3, -0.25) is 0 Å². The van der Waals surface area contributed by atoms with E-state index < -0.39 is 0 Å². The number of benzene rings is 1. The van der Waals surface area contributed by atoms with Gasteiger partial charge in [0.1, 0.15) is 17.6 Å². The number of aromatic hydroxyl groups is 1. The van der Waals surface area contributed by atoms with Gasteiger partial charge in [0.2, 0.25) is 0 Å². The van der Waals surface area contributed by atoms with E-state index in [4.69, 9.17) is 4.52 Å². The third kappa shape index (κ3) is 0.806. The Bertz CT molecular complexity index is 618. The summed E-state index contributed by atoms with van der Waals surface area (Å²) in [6, 6.07) is 3.22. The highest BCUT2D eigenvalue weighted by Gasteiger charge is 2.10. The van der Waals surface area contributed by atoms with Crippen LogP contribution in [0.15, 0.2) is 29.2 Å². The van der Waals surface area contributed by atoms with Crippen molar-refractivity contribution < 1.29 is 9.63 Å². The molecule has 0 saturated heterocycles. The van der Waals surface area contributed by atoms with Crippen LogP contribution in [0.2, 0.25) is 0 Å². The summed E-state index contributed by atoms with van der Waals surface area (Å²) in [5, 5.41) is 13.9. The van der Waals surface area contributed by atoms with Crippen LogP contribution in [0.3, 0.4) is 0 Å². The van der Waals surface area contributed by atoms with Crippen LogP contribution < -0.4 is 0 Å². The topological polar surface area (TPSA) is 72.0 Å². The summed E-state index contributed by atoms with van der Waals surface area (Å²) in [5.41, 5.74) is 1.68. The van der Waals surface area contributed by atoms with Crippen molar-refractivity contribution in [1.82, 2.24) is 15.1 Å². The zero-order chi connectivity index (χ0) is 9.54. The molecule has 2 heterocycles. The summed E-state index contributed by atoms with van der Waals surface area (Å²) in [4.78, 5) is 8.00. The number of rotatable bonds is 0. The molecule has 1 N–H and O–H groups in total. The minimum Gasteiger partial charge on any atom is -0.507 e. The van der Waals surface area contributed by atoms with Gasteiger partial charge in [-0.25, -0.2) is 9.97 Å². The molecule has 0 radical (unpaired) electrons. The van der Waals surface area contributed by atoms with Crippen LogP contribution in [0.1, 0.15) is 0 Å². The molecule has 0 fully saturated rings. The maximum Gasteiger partial charge on any atom is 0.196 e. The normalized spacial score (nSPS) is 11.1. The van der Waals surface area contributed by atoms with Crippen molar-refractivity contribution in [2.75, 3.05) is 0 Å². The molecule has 5 heteroatoms. The van der Waals surface area contributed by atoms with E-state index >= 15 is 0 Å². The van der Waals surface area contributed by atoms with Crippen molar-refractivity contribution in [3.8, 4) is 5.75 Å². The maximum absolute atomic E-state index is 9.63. The number of hydrogen-bond donors (Lipinski definition) is 1. The van der Waals surface area contributed by atoms with Crippen LogP contribution in [0.5, 0.6) is 5.75 Å². The third-order valence-electron chi connectivity index (χ3n) is 2.08. The molecule has 3 aromatic rings. The van der Waals surface area contributed by atoms with Crippen LogP contribution in [0, 0.1) is 0 Å². The van der Waals surface area contributed by atoms with Crippen molar-refractivity contribution in [2.45, 2.75) is 0 Å². The Hall–Kier alpha value is -2.17. The number of nitrogens with zero attached hydrogens (tertiary/aromatic N) is 3. The molecule has 2 aromatic heterocycles. The minimum atomic E-state index is 0.124. The zero-order valence-electron chi connectivity index (χ0n) is 7.01. The fraction of sp³-hybridized carbons (Fsp3) is 0. The summed E-state index contributed by atoms with van der Waals surface area (Å²) in [6.45, 7) is 0. The van der Waals surface area contributed by atoms with E-state index in [0.29, 0.717) is 22.0 Å². The van der Waals surface area contributed by atoms with Gasteiger partial charge in [0.05, 0.1) is 17.1 Å². The molecule has 0 atom stereocenters. The third-order valence-corrected chi connectivity index (χ3v) is 2.08. The Morgan fingerprint density at radius 2 is 2.21 bits per heavy atom. The van der Waals surface area contributed by atoms with Crippen LogP contribution in [0.25, 0.3) is 22.0 Å². The maximum atomic E-state index is 9.63. The van der Waals surface area contributed by atoms with E-state index in [1.807, 2.05) is 0 Å². The van der Waals surface area contributed by atoms with Gasteiger partial charge in [-0.15, -0.1) is 0 Å². The summed E-state index contributed by atoms with van der Waals surface area (Å²) in [7, 11) is 0. The lowest BCUT2D eigenvalue weighted by Crippen LogP contribution is -1.79. The van der Waals surface area contributed by atoms with Gasteiger partial charge < -0.3 is 9.63 Å². The van der Waals surface area contributed by atoms with Crippen molar-refractivity contribution in [3.05, 3.63) is 24.7 Å². The molecule has 0 aliphatic rings. The predicted octanol–water partition coefficient (Wildman–Crippen LogP) is 1.48. The highest BCUT2D eigenvalue weighted by Crippen LogP contribution is 2.29. The molecule has 0 unspecified atom stereocenters. The zero-order valence-corrected chi connectivity index (χ0v) is 7.01. The smallest absolute Gasteiger partial charge is 0.196 e. The van der Waals surface area contributed by atoms with Gasteiger partial charge in [-0.2, -0.15) is 0 Å². The van der Waals surface area contributed by atoms with Gasteiger partial charge >= 0.3 is 0 Å².